The van der Waals surface area contributed by atoms with Crippen molar-refractivity contribution in [3.8, 4) is 0 Å². The van der Waals surface area contributed by atoms with Gasteiger partial charge >= 0.3 is 0 Å². The Balaban J connectivity index is 2.52. The summed E-state index contributed by atoms with van der Waals surface area (Å²) in [6, 6.07) is 0. The van der Waals surface area contributed by atoms with Gasteiger partial charge in [-0.05, 0) is 0 Å². The maximum atomic E-state index is 9.40. The van der Waals surface area contributed by atoms with E-state index in [9.17, 15) is 10.2 Å². The number of nitrogens with two attached hydrogens (primary N) is 1. The molecule has 1 aliphatic heterocycles. The Hall–Kier alpha value is -0.320. The number of hydrogen-bond donors (Lipinski definition) is 7. The number of aliphatic hydroxyl groups excluding tert-OH is 4. The summed E-state index contributed by atoms with van der Waals surface area (Å²) in [6.07, 6.45) is -6.60. The van der Waals surface area contributed by atoms with Crippen LogP contribution < -0.4 is 16.8 Å². The van der Waals surface area contributed by atoms with E-state index in [0.29, 0.717) is 0 Å². The summed E-state index contributed by atoms with van der Waals surface area (Å²) in [7, 11) is 0. The smallest absolute Gasteiger partial charge is 0.184 e. The molecule has 1 rings (SSSR count). The average molecular weight is 209 g/mol. The molecule has 1 heterocycles. The van der Waals surface area contributed by atoms with Gasteiger partial charge in [-0.1, -0.05) is 0 Å². The Labute approximate surface area is 80.2 Å². The summed E-state index contributed by atoms with van der Waals surface area (Å²) in [4.78, 5) is 0. The van der Waals surface area contributed by atoms with Crippen molar-refractivity contribution in [2.75, 3.05) is 6.54 Å². The second-order valence-corrected chi connectivity index (χ2v) is 3.06. The molecule has 84 valence electrons. The summed E-state index contributed by atoms with van der Waals surface area (Å²) >= 11 is 0. The molecule has 0 aromatic carbocycles. The van der Waals surface area contributed by atoms with Crippen LogP contribution >= 0.6 is 0 Å². The predicted octanol–water partition coefficient (Wildman–Crippen LogP) is -4.25. The molecule has 0 aromatic heterocycles. The maximum Gasteiger partial charge on any atom is 0.184 e. The van der Waals surface area contributed by atoms with Crippen molar-refractivity contribution in [2.24, 2.45) is 5.84 Å². The monoisotopic (exact) mass is 209 g/mol. The van der Waals surface area contributed by atoms with Crippen LogP contribution in [-0.2, 0) is 4.74 Å². The van der Waals surface area contributed by atoms with E-state index in [2.05, 4.69) is 11.0 Å². The first-order valence-electron chi connectivity index (χ1n) is 4.14. The lowest BCUT2D eigenvalue weighted by Crippen LogP contribution is -2.60. The second-order valence-electron chi connectivity index (χ2n) is 3.06. The van der Waals surface area contributed by atoms with Gasteiger partial charge in [-0.15, -0.1) is 0 Å². The molecule has 0 amide bonds. The summed E-state index contributed by atoms with van der Waals surface area (Å²) in [6.45, 7) is 0.0819. The first kappa shape index (κ1) is 11.8. The lowest BCUT2D eigenvalue weighted by atomic mass is 9.99. The van der Waals surface area contributed by atoms with Crippen LogP contribution in [0.2, 0.25) is 0 Å². The van der Waals surface area contributed by atoms with E-state index >= 15 is 0 Å². The van der Waals surface area contributed by atoms with Gasteiger partial charge in [0, 0.05) is 6.54 Å². The zero-order chi connectivity index (χ0) is 10.7. The van der Waals surface area contributed by atoms with E-state index < -0.39 is 30.7 Å². The third-order valence-electron chi connectivity index (χ3n) is 2.09. The number of hydrogen-bond acceptors (Lipinski definition) is 8. The molecular formula is C6H15N3O5. The van der Waals surface area contributed by atoms with Crippen LogP contribution in [0.1, 0.15) is 0 Å². The van der Waals surface area contributed by atoms with Gasteiger partial charge in [-0.25, -0.2) is 5.43 Å². The Morgan fingerprint density at radius 3 is 2.29 bits per heavy atom. The van der Waals surface area contributed by atoms with E-state index in [1.54, 1.807) is 0 Å². The van der Waals surface area contributed by atoms with Crippen molar-refractivity contribution in [2.45, 2.75) is 30.7 Å². The molecule has 0 aliphatic carbocycles. The number of hydrazine groups is 2. The van der Waals surface area contributed by atoms with E-state index in [0.717, 1.165) is 0 Å². The van der Waals surface area contributed by atoms with Crippen LogP contribution in [0.5, 0.6) is 0 Å². The molecule has 0 spiro atoms. The van der Waals surface area contributed by atoms with Crippen LogP contribution in [0.3, 0.4) is 0 Å². The Morgan fingerprint density at radius 1 is 1.07 bits per heavy atom. The number of rotatable bonds is 3. The topological polar surface area (TPSA) is 140 Å². The number of aliphatic hydroxyl groups is 4. The highest BCUT2D eigenvalue weighted by Crippen LogP contribution is 2.18. The summed E-state index contributed by atoms with van der Waals surface area (Å²) in [5.74, 6) is 4.92. The van der Waals surface area contributed by atoms with Gasteiger partial charge in [0.15, 0.2) is 6.29 Å². The summed E-state index contributed by atoms with van der Waals surface area (Å²) in [5, 5.41) is 36.9. The molecule has 1 fully saturated rings. The largest absolute Gasteiger partial charge is 0.388 e. The van der Waals surface area contributed by atoms with Gasteiger partial charge < -0.3 is 25.2 Å². The van der Waals surface area contributed by atoms with Crippen molar-refractivity contribution < 1.29 is 25.2 Å². The molecule has 1 saturated heterocycles. The van der Waals surface area contributed by atoms with Crippen LogP contribution in [0.25, 0.3) is 0 Å². The minimum absolute atomic E-state index is 0.0819. The van der Waals surface area contributed by atoms with Crippen molar-refractivity contribution in [1.29, 1.82) is 0 Å². The normalized spacial score (nSPS) is 43.9. The molecule has 0 radical (unpaired) electrons. The van der Waals surface area contributed by atoms with Gasteiger partial charge in [0.1, 0.15) is 24.4 Å². The first-order valence-corrected chi connectivity index (χ1v) is 4.14. The summed E-state index contributed by atoms with van der Waals surface area (Å²) in [5.41, 5.74) is 4.55. The zero-order valence-electron chi connectivity index (χ0n) is 7.37. The van der Waals surface area contributed by atoms with Gasteiger partial charge in [0.05, 0.1) is 0 Å². The fourth-order valence-electron chi connectivity index (χ4n) is 1.26. The lowest BCUT2D eigenvalue weighted by Gasteiger charge is -2.38. The fraction of sp³-hybridized carbons (Fsp3) is 1.00. The Morgan fingerprint density at radius 2 is 1.71 bits per heavy atom. The first-order chi connectivity index (χ1) is 6.57. The van der Waals surface area contributed by atoms with Crippen LogP contribution in [-0.4, -0.2) is 57.7 Å². The standard InChI is InChI=1S/C6H15N3O5/c7-9-8-1-2-3(10)4(11)5(12)6(13)14-2/h2-6,8-13H,1,7H2/t2-,3+,4-,5+,6-/m0/s1. The summed E-state index contributed by atoms with van der Waals surface area (Å²) < 4.78 is 4.82. The highest BCUT2D eigenvalue weighted by Gasteiger charge is 2.42. The fourth-order valence-corrected chi connectivity index (χ4v) is 1.26. The molecule has 1 aliphatic rings. The maximum absolute atomic E-state index is 9.40. The molecule has 8 heteroatoms. The average Bonchev–Trinajstić information content (AvgIpc) is 2.18. The molecule has 8 N–H and O–H groups in total. The van der Waals surface area contributed by atoms with Crippen LogP contribution in [0.4, 0.5) is 0 Å². The van der Waals surface area contributed by atoms with Crippen molar-refractivity contribution >= 4 is 0 Å². The van der Waals surface area contributed by atoms with Gasteiger partial charge in [0.25, 0.3) is 0 Å². The van der Waals surface area contributed by atoms with Crippen molar-refractivity contribution in [3.05, 3.63) is 0 Å². The molecule has 0 saturated carbocycles. The highest BCUT2D eigenvalue weighted by atomic mass is 16.6. The molecule has 0 aromatic rings. The van der Waals surface area contributed by atoms with Gasteiger partial charge in [-0.2, -0.15) is 5.53 Å². The van der Waals surface area contributed by atoms with E-state index in [1.165, 1.54) is 0 Å². The Kier molecular flexibility index (Phi) is 4.16. The van der Waals surface area contributed by atoms with E-state index in [-0.39, 0.29) is 6.54 Å². The third-order valence-corrected chi connectivity index (χ3v) is 2.09. The van der Waals surface area contributed by atoms with Crippen molar-refractivity contribution in [3.63, 3.8) is 0 Å². The predicted molar refractivity (Wildman–Crippen MR) is 44.2 cm³/mol. The molecule has 8 nitrogen and oxygen atoms in total. The van der Waals surface area contributed by atoms with Gasteiger partial charge in [0.2, 0.25) is 0 Å². The van der Waals surface area contributed by atoms with Crippen LogP contribution in [0.15, 0.2) is 0 Å². The van der Waals surface area contributed by atoms with E-state index in [4.69, 9.17) is 20.8 Å². The Bertz CT molecular complexity index is 183. The lowest BCUT2D eigenvalue weighted by molar-refractivity contribution is -0.280. The zero-order valence-corrected chi connectivity index (χ0v) is 7.37. The van der Waals surface area contributed by atoms with E-state index in [1.807, 2.05) is 0 Å². The minimum Gasteiger partial charge on any atom is -0.388 e. The second kappa shape index (κ2) is 4.96. The van der Waals surface area contributed by atoms with Crippen molar-refractivity contribution in [1.82, 2.24) is 11.0 Å². The quantitative estimate of drug-likeness (QED) is 0.183. The minimum atomic E-state index is -1.52. The third kappa shape index (κ3) is 2.38. The highest BCUT2D eigenvalue weighted by molar-refractivity contribution is 4.89. The SMILES string of the molecule is NNNC[C@@H]1O[C@H](O)[C@H](O)[C@@H](O)[C@@H]1O. The van der Waals surface area contributed by atoms with Gasteiger partial charge in [-0.3, -0.25) is 5.84 Å². The molecular weight excluding hydrogens is 194 g/mol. The molecule has 14 heavy (non-hydrogen) atoms. The number of nitrogens with one attached hydrogen (secondary N) is 2. The molecule has 0 unspecified atom stereocenters. The molecule has 5 atom stereocenters. The number of ether oxygens (including phenoxy) is 1. The van der Waals surface area contributed by atoms with Crippen LogP contribution in [0, 0.1) is 0 Å². The molecule has 0 bridgehead atoms.